The molecular weight excluding hydrogens is 218 g/mol. The van der Waals surface area contributed by atoms with Crippen LogP contribution in [0.15, 0.2) is 18.2 Å². The molecule has 74 valence electrons. The lowest BCUT2D eigenvalue weighted by molar-refractivity contribution is 0.282. The first kappa shape index (κ1) is 9.77. The molecule has 1 aromatic carbocycles. The Labute approximate surface area is 90.9 Å². The second kappa shape index (κ2) is 3.77. The maximum atomic E-state index is 8.98. The van der Waals surface area contributed by atoms with Gasteiger partial charge >= 0.3 is 0 Å². The van der Waals surface area contributed by atoms with E-state index in [2.05, 4.69) is 0 Å². The highest BCUT2D eigenvalue weighted by Crippen LogP contribution is 2.34. The topological polar surface area (TPSA) is 46.2 Å². The van der Waals surface area contributed by atoms with Crippen LogP contribution in [-0.2, 0) is 12.5 Å². The summed E-state index contributed by atoms with van der Waals surface area (Å²) in [7, 11) is 0. The van der Waals surface area contributed by atoms with E-state index in [9.17, 15) is 0 Å². The number of alkyl halides is 1. The Balaban J connectivity index is 2.68. The Hall–Kier alpha value is -0.770. The summed E-state index contributed by atoms with van der Waals surface area (Å²) < 4.78 is 1.09. The average molecular weight is 228 g/mol. The van der Waals surface area contributed by atoms with Gasteiger partial charge in [-0.25, -0.2) is 0 Å². The molecule has 0 spiro atoms. The van der Waals surface area contributed by atoms with Gasteiger partial charge in [0, 0.05) is 10.3 Å². The van der Waals surface area contributed by atoms with Gasteiger partial charge in [0.25, 0.3) is 0 Å². The standard InChI is InChI=1S/C10H10ClNOS/c11-4-8-7-2-1-6(5-13)3-9(7)14-10(8)12/h1-3,13H,4-5,12H2. The Kier molecular flexibility index (Phi) is 2.63. The van der Waals surface area contributed by atoms with Crippen molar-refractivity contribution in [3.05, 3.63) is 29.3 Å². The van der Waals surface area contributed by atoms with Crippen LogP contribution in [-0.4, -0.2) is 5.11 Å². The molecule has 0 unspecified atom stereocenters. The molecule has 2 rings (SSSR count). The van der Waals surface area contributed by atoms with Gasteiger partial charge in [0.15, 0.2) is 0 Å². The lowest BCUT2D eigenvalue weighted by Crippen LogP contribution is -1.85. The molecule has 0 fully saturated rings. The fourth-order valence-electron chi connectivity index (χ4n) is 1.45. The molecule has 0 saturated carbocycles. The van der Waals surface area contributed by atoms with Crippen molar-refractivity contribution in [2.24, 2.45) is 0 Å². The maximum Gasteiger partial charge on any atom is 0.0913 e. The highest BCUT2D eigenvalue weighted by atomic mass is 35.5. The van der Waals surface area contributed by atoms with Crippen LogP contribution in [0.25, 0.3) is 10.1 Å². The van der Waals surface area contributed by atoms with Crippen molar-refractivity contribution in [1.82, 2.24) is 0 Å². The third-order valence-electron chi connectivity index (χ3n) is 2.20. The minimum absolute atomic E-state index is 0.0595. The summed E-state index contributed by atoms with van der Waals surface area (Å²) in [6.07, 6.45) is 0. The molecule has 0 amide bonds. The zero-order valence-electron chi connectivity index (χ0n) is 7.46. The van der Waals surface area contributed by atoms with E-state index in [1.807, 2.05) is 18.2 Å². The molecule has 2 aromatic rings. The summed E-state index contributed by atoms with van der Waals surface area (Å²) >= 11 is 7.32. The van der Waals surface area contributed by atoms with Gasteiger partial charge in [-0.2, -0.15) is 0 Å². The number of hydrogen-bond acceptors (Lipinski definition) is 3. The molecule has 0 aliphatic carbocycles. The first-order valence-corrected chi connectivity index (χ1v) is 5.58. The first-order chi connectivity index (χ1) is 6.76. The first-order valence-electron chi connectivity index (χ1n) is 4.23. The predicted molar refractivity (Wildman–Crippen MR) is 61.7 cm³/mol. The van der Waals surface area contributed by atoms with Gasteiger partial charge in [0.2, 0.25) is 0 Å². The monoisotopic (exact) mass is 227 g/mol. The number of thiophene rings is 1. The van der Waals surface area contributed by atoms with Gasteiger partial charge in [-0.15, -0.1) is 22.9 Å². The Morgan fingerprint density at radius 2 is 2.21 bits per heavy atom. The summed E-state index contributed by atoms with van der Waals surface area (Å²) in [4.78, 5) is 0. The van der Waals surface area contributed by atoms with E-state index in [1.54, 1.807) is 0 Å². The number of halogens is 1. The zero-order chi connectivity index (χ0) is 10.1. The Morgan fingerprint density at radius 3 is 2.86 bits per heavy atom. The number of benzene rings is 1. The van der Waals surface area contributed by atoms with Crippen molar-refractivity contribution in [3.63, 3.8) is 0 Å². The second-order valence-corrected chi connectivity index (χ2v) is 4.42. The van der Waals surface area contributed by atoms with Crippen molar-refractivity contribution in [2.75, 3.05) is 5.73 Å². The van der Waals surface area contributed by atoms with Crippen LogP contribution in [0.5, 0.6) is 0 Å². The van der Waals surface area contributed by atoms with Gasteiger partial charge in [0.1, 0.15) is 0 Å². The van der Waals surface area contributed by atoms with E-state index in [0.717, 1.165) is 26.2 Å². The third kappa shape index (κ3) is 1.47. The summed E-state index contributed by atoms with van der Waals surface area (Å²) in [5, 5.41) is 10.8. The maximum absolute atomic E-state index is 8.98. The van der Waals surface area contributed by atoms with Crippen molar-refractivity contribution in [3.8, 4) is 0 Å². The van der Waals surface area contributed by atoms with Crippen LogP contribution in [0.2, 0.25) is 0 Å². The number of nitrogen functional groups attached to an aromatic ring is 1. The molecule has 1 aromatic heterocycles. The molecule has 3 N–H and O–H groups in total. The molecule has 0 aliphatic rings. The van der Waals surface area contributed by atoms with Crippen molar-refractivity contribution in [2.45, 2.75) is 12.5 Å². The Morgan fingerprint density at radius 1 is 1.43 bits per heavy atom. The van der Waals surface area contributed by atoms with Gasteiger partial charge in [0.05, 0.1) is 17.5 Å². The van der Waals surface area contributed by atoms with E-state index >= 15 is 0 Å². The summed E-state index contributed by atoms with van der Waals surface area (Å²) in [5.41, 5.74) is 7.73. The van der Waals surface area contributed by atoms with Crippen molar-refractivity contribution in [1.29, 1.82) is 0 Å². The molecule has 0 saturated heterocycles. The lowest BCUT2D eigenvalue weighted by atomic mass is 10.1. The average Bonchev–Trinajstić information content (AvgIpc) is 2.51. The van der Waals surface area contributed by atoms with E-state index in [1.165, 1.54) is 11.3 Å². The van der Waals surface area contributed by atoms with Gasteiger partial charge in [-0.05, 0) is 17.0 Å². The highest BCUT2D eigenvalue weighted by Gasteiger charge is 2.08. The smallest absolute Gasteiger partial charge is 0.0913 e. The van der Waals surface area contributed by atoms with E-state index in [4.69, 9.17) is 22.4 Å². The quantitative estimate of drug-likeness (QED) is 0.775. The van der Waals surface area contributed by atoms with Crippen LogP contribution >= 0.6 is 22.9 Å². The number of aliphatic hydroxyl groups is 1. The molecule has 4 heteroatoms. The minimum atomic E-state index is 0.0595. The van der Waals surface area contributed by atoms with E-state index < -0.39 is 0 Å². The van der Waals surface area contributed by atoms with Gasteiger partial charge in [-0.1, -0.05) is 12.1 Å². The molecule has 14 heavy (non-hydrogen) atoms. The molecule has 0 bridgehead atoms. The number of aliphatic hydroxyl groups excluding tert-OH is 1. The minimum Gasteiger partial charge on any atom is -0.392 e. The largest absolute Gasteiger partial charge is 0.392 e. The van der Waals surface area contributed by atoms with Crippen molar-refractivity contribution >= 4 is 38.0 Å². The number of rotatable bonds is 2. The van der Waals surface area contributed by atoms with Crippen LogP contribution in [0.4, 0.5) is 5.00 Å². The molecule has 0 aliphatic heterocycles. The van der Waals surface area contributed by atoms with Gasteiger partial charge < -0.3 is 10.8 Å². The van der Waals surface area contributed by atoms with Crippen LogP contribution in [0.3, 0.4) is 0 Å². The second-order valence-electron chi connectivity index (χ2n) is 3.07. The highest BCUT2D eigenvalue weighted by molar-refractivity contribution is 7.22. The van der Waals surface area contributed by atoms with E-state index in [-0.39, 0.29) is 6.61 Å². The molecule has 1 heterocycles. The number of nitrogens with two attached hydrogens (primary N) is 1. The number of fused-ring (bicyclic) bond motifs is 1. The fraction of sp³-hybridized carbons (Fsp3) is 0.200. The van der Waals surface area contributed by atoms with Gasteiger partial charge in [-0.3, -0.25) is 0 Å². The number of anilines is 1. The molecule has 2 nitrogen and oxygen atoms in total. The van der Waals surface area contributed by atoms with Crippen molar-refractivity contribution < 1.29 is 5.11 Å². The lowest BCUT2D eigenvalue weighted by Gasteiger charge is -1.97. The summed E-state index contributed by atoms with van der Waals surface area (Å²) in [6.45, 7) is 0.0595. The molecular formula is C10H10ClNOS. The summed E-state index contributed by atoms with van der Waals surface area (Å²) in [6, 6.07) is 5.81. The Bertz CT molecular complexity index is 466. The SMILES string of the molecule is Nc1sc2cc(CO)ccc2c1CCl. The normalized spacial score (nSPS) is 11.0. The van der Waals surface area contributed by atoms with Crippen LogP contribution < -0.4 is 5.73 Å². The zero-order valence-corrected chi connectivity index (χ0v) is 9.03. The van der Waals surface area contributed by atoms with Crippen LogP contribution in [0, 0.1) is 0 Å². The number of hydrogen-bond donors (Lipinski definition) is 2. The van der Waals surface area contributed by atoms with Crippen LogP contribution in [0.1, 0.15) is 11.1 Å². The molecule has 0 atom stereocenters. The predicted octanol–water partition coefficient (Wildman–Crippen LogP) is 2.71. The van der Waals surface area contributed by atoms with E-state index in [0.29, 0.717) is 5.88 Å². The molecule has 0 radical (unpaired) electrons. The summed E-state index contributed by atoms with van der Waals surface area (Å²) in [5.74, 6) is 0.435. The third-order valence-corrected chi connectivity index (χ3v) is 3.50. The fourth-order valence-corrected chi connectivity index (χ4v) is 2.87.